The van der Waals surface area contributed by atoms with Gasteiger partial charge in [0.2, 0.25) is 0 Å². The van der Waals surface area contributed by atoms with Crippen molar-refractivity contribution in [2.45, 2.75) is 37.8 Å². The lowest BCUT2D eigenvalue weighted by molar-refractivity contribution is 0.128. The van der Waals surface area contributed by atoms with Crippen LogP contribution >= 0.6 is 15.9 Å². The number of rotatable bonds is 3. The second-order valence-electron chi connectivity index (χ2n) is 5.16. The Morgan fingerprint density at radius 2 is 2.05 bits per heavy atom. The number of aromatic nitrogens is 1. The molecule has 0 radical (unpaired) electrons. The van der Waals surface area contributed by atoms with Gasteiger partial charge in [0.05, 0.1) is 17.7 Å². The molecule has 1 aromatic rings. The average molecular weight is 359 g/mol. The van der Waals surface area contributed by atoms with E-state index in [-0.39, 0.29) is 17.7 Å². The van der Waals surface area contributed by atoms with Gasteiger partial charge in [-0.2, -0.15) is 0 Å². The van der Waals surface area contributed by atoms with Crippen molar-refractivity contribution in [3.05, 3.63) is 27.1 Å². The van der Waals surface area contributed by atoms with Crippen molar-refractivity contribution >= 4 is 22.0 Å². The number of ether oxygens (including phenoxy) is 2. The predicted octanol–water partition coefficient (Wildman–Crippen LogP) is 2.19. The topological polar surface area (TPSA) is 69.6 Å². The number of pyridine rings is 1. The smallest absolute Gasteiger partial charge is 0.407 e. The molecule has 0 saturated heterocycles. The molecule has 1 aromatic heterocycles. The number of halogens is 1. The van der Waals surface area contributed by atoms with Gasteiger partial charge in [-0.3, -0.25) is 4.79 Å². The van der Waals surface area contributed by atoms with Crippen molar-refractivity contribution in [2.24, 2.45) is 7.05 Å². The van der Waals surface area contributed by atoms with E-state index in [9.17, 15) is 9.59 Å². The first-order valence-electron chi connectivity index (χ1n) is 6.87. The highest BCUT2D eigenvalue weighted by Gasteiger charge is 2.24. The first-order valence-corrected chi connectivity index (χ1v) is 7.66. The lowest BCUT2D eigenvalue weighted by Crippen LogP contribution is -2.39. The molecule has 2 rings (SSSR count). The minimum atomic E-state index is -0.395. The van der Waals surface area contributed by atoms with Crippen LogP contribution in [0.4, 0.5) is 4.79 Å². The molecule has 1 aliphatic rings. The average Bonchev–Trinajstić information content (AvgIpc) is 2.46. The Kier molecular flexibility index (Phi) is 5.27. The molecular formula is C14H19BrN2O4. The summed E-state index contributed by atoms with van der Waals surface area (Å²) in [6.45, 7) is 0. The third kappa shape index (κ3) is 4.23. The summed E-state index contributed by atoms with van der Waals surface area (Å²) in [6, 6.07) is 1.62. The SMILES string of the molecule is COC(=O)NC1CCC(Oc2cc(=O)n(C)cc2Br)CC1. The number of hydrogen-bond acceptors (Lipinski definition) is 4. The zero-order valence-corrected chi connectivity index (χ0v) is 13.7. The molecule has 0 bridgehead atoms. The van der Waals surface area contributed by atoms with E-state index in [0.29, 0.717) is 5.75 Å². The maximum absolute atomic E-state index is 11.6. The van der Waals surface area contributed by atoms with Crippen LogP contribution in [0.1, 0.15) is 25.7 Å². The molecule has 0 aromatic carbocycles. The minimum Gasteiger partial charge on any atom is -0.489 e. The number of aryl methyl sites for hydroxylation is 1. The third-order valence-electron chi connectivity index (χ3n) is 3.62. The quantitative estimate of drug-likeness (QED) is 0.898. The Balaban J connectivity index is 1.90. The van der Waals surface area contributed by atoms with Crippen LogP contribution in [0.15, 0.2) is 21.5 Å². The standard InChI is InChI=1S/C14H19BrN2O4/c1-17-8-11(15)12(7-13(17)18)21-10-5-3-9(4-6-10)16-14(19)20-2/h7-10H,3-6H2,1-2H3,(H,16,19). The van der Waals surface area contributed by atoms with Gasteiger partial charge in [-0.25, -0.2) is 4.79 Å². The van der Waals surface area contributed by atoms with Crippen LogP contribution in [0.25, 0.3) is 0 Å². The van der Waals surface area contributed by atoms with Crippen LogP contribution in [0.3, 0.4) is 0 Å². The highest BCUT2D eigenvalue weighted by Crippen LogP contribution is 2.28. The molecule has 7 heteroatoms. The summed E-state index contributed by atoms with van der Waals surface area (Å²) in [4.78, 5) is 22.8. The van der Waals surface area contributed by atoms with Gasteiger partial charge < -0.3 is 19.4 Å². The summed E-state index contributed by atoms with van der Waals surface area (Å²) in [6.07, 6.45) is 4.69. The van der Waals surface area contributed by atoms with Gasteiger partial charge in [-0.15, -0.1) is 0 Å². The van der Waals surface area contributed by atoms with Gasteiger partial charge in [0, 0.05) is 25.4 Å². The number of amides is 1. The van der Waals surface area contributed by atoms with E-state index in [0.717, 1.165) is 30.2 Å². The highest BCUT2D eigenvalue weighted by atomic mass is 79.9. The maximum atomic E-state index is 11.6. The fraction of sp³-hybridized carbons (Fsp3) is 0.571. The van der Waals surface area contributed by atoms with Crippen LogP contribution in [-0.2, 0) is 11.8 Å². The Bertz CT molecular complexity index is 565. The van der Waals surface area contributed by atoms with E-state index >= 15 is 0 Å². The third-order valence-corrected chi connectivity index (χ3v) is 4.22. The molecule has 1 heterocycles. The number of hydrogen-bond donors (Lipinski definition) is 1. The summed E-state index contributed by atoms with van der Waals surface area (Å²) in [7, 11) is 3.05. The summed E-state index contributed by atoms with van der Waals surface area (Å²) < 4.78 is 12.7. The van der Waals surface area contributed by atoms with Gasteiger partial charge in [0.15, 0.2) is 0 Å². The number of carbonyl (C=O) groups excluding carboxylic acids is 1. The largest absolute Gasteiger partial charge is 0.489 e. The zero-order chi connectivity index (χ0) is 15.4. The molecule has 0 atom stereocenters. The normalized spacial score (nSPS) is 21.7. The summed E-state index contributed by atoms with van der Waals surface area (Å²) in [5, 5.41) is 2.80. The van der Waals surface area contributed by atoms with Gasteiger partial charge in [0.1, 0.15) is 5.75 Å². The molecule has 1 aliphatic carbocycles. The Hall–Kier alpha value is -1.50. The maximum Gasteiger partial charge on any atom is 0.407 e. The summed E-state index contributed by atoms with van der Waals surface area (Å²) in [5.74, 6) is 0.572. The fourth-order valence-electron chi connectivity index (χ4n) is 2.40. The van der Waals surface area contributed by atoms with Crippen molar-refractivity contribution in [1.82, 2.24) is 9.88 Å². The number of nitrogens with one attached hydrogen (secondary N) is 1. The van der Waals surface area contributed by atoms with E-state index in [1.54, 1.807) is 13.2 Å². The number of carbonyl (C=O) groups is 1. The van der Waals surface area contributed by atoms with Crippen LogP contribution in [-0.4, -0.2) is 29.9 Å². The van der Waals surface area contributed by atoms with Crippen LogP contribution in [0.2, 0.25) is 0 Å². The van der Waals surface area contributed by atoms with E-state index in [4.69, 9.17) is 4.74 Å². The van der Waals surface area contributed by atoms with Crippen LogP contribution < -0.4 is 15.6 Å². The molecule has 0 aliphatic heterocycles. The van der Waals surface area contributed by atoms with Gasteiger partial charge >= 0.3 is 6.09 Å². The number of nitrogens with zero attached hydrogens (tertiary/aromatic N) is 1. The first-order chi connectivity index (χ1) is 9.99. The Morgan fingerprint density at radius 1 is 1.38 bits per heavy atom. The Morgan fingerprint density at radius 3 is 2.67 bits per heavy atom. The summed E-state index contributed by atoms with van der Waals surface area (Å²) in [5.41, 5.74) is -0.103. The van der Waals surface area contributed by atoms with Gasteiger partial charge in [-0.1, -0.05) is 0 Å². The molecule has 116 valence electrons. The van der Waals surface area contributed by atoms with Crippen LogP contribution in [0.5, 0.6) is 5.75 Å². The minimum absolute atomic E-state index is 0.0594. The first kappa shape index (κ1) is 15.9. The molecule has 21 heavy (non-hydrogen) atoms. The highest BCUT2D eigenvalue weighted by molar-refractivity contribution is 9.10. The van der Waals surface area contributed by atoms with Crippen molar-refractivity contribution in [1.29, 1.82) is 0 Å². The lowest BCUT2D eigenvalue weighted by atomic mass is 9.93. The molecule has 6 nitrogen and oxygen atoms in total. The molecule has 1 amide bonds. The van der Waals surface area contributed by atoms with E-state index < -0.39 is 6.09 Å². The summed E-state index contributed by atoms with van der Waals surface area (Å²) >= 11 is 3.40. The van der Waals surface area contributed by atoms with Crippen molar-refractivity contribution in [3.8, 4) is 5.75 Å². The van der Waals surface area contributed by atoms with Crippen molar-refractivity contribution in [2.75, 3.05) is 7.11 Å². The molecule has 1 N–H and O–H groups in total. The van der Waals surface area contributed by atoms with E-state index in [1.807, 2.05) is 0 Å². The predicted molar refractivity (Wildman–Crippen MR) is 81.6 cm³/mol. The Labute approximate surface area is 131 Å². The number of alkyl carbamates (subject to hydrolysis) is 1. The van der Waals surface area contributed by atoms with Crippen molar-refractivity contribution < 1.29 is 14.3 Å². The zero-order valence-electron chi connectivity index (χ0n) is 12.1. The van der Waals surface area contributed by atoms with E-state index in [2.05, 4.69) is 26.0 Å². The van der Waals surface area contributed by atoms with E-state index in [1.165, 1.54) is 17.7 Å². The molecule has 1 saturated carbocycles. The molecule has 1 fully saturated rings. The molecular weight excluding hydrogens is 340 g/mol. The molecule has 0 unspecified atom stereocenters. The molecule has 0 spiro atoms. The van der Waals surface area contributed by atoms with Gasteiger partial charge in [0.25, 0.3) is 5.56 Å². The van der Waals surface area contributed by atoms with Gasteiger partial charge in [-0.05, 0) is 41.6 Å². The van der Waals surface area contributed by atoms with Crippen LogP contribution in [0, 0.1) is 0 Å². The number of methoxy groups -OCH3 is 1. The lowest BCUT2D eigenvalue weighted by Gasteiger charge is -2.29. The second-order valence-corrected chi connectivity index (χ2v) is 6.02. The monoisotopic (exact) mass is 358 g/mol. The van der Waals surface area contributed by atoms with Crippen molar-refractivity contribution in [3.63, 3.8) is 0 Å². The second kappa shape index (κ2) is 6.98. The fourth-order valence-corrected chi connectivity index (χ4v) is 2.92.